The summed E-state index contributed by atoms with van der Waals surface area (Å²) in [5.41, 5.74) is 0. The average Bonchev–Trinajstić information content (AvgIpc) is 2.38. The van der Waals surface area contributed by atoms with E-state index in [0.29, 0.717) is 6.42 Å². The van der Waals surface area contributed by atoms with E-state index in [1.807, 2.05) is 0 Å². The van der Waals surface area contributed by atoms with E-state index >= 15 is 0 Å². The molecule has 1 unspecified atom stereocenters. The zero-order valence-electron chi connectivity index (χ0n) is 13.3. The summed E-state index contributed by atoms with van der Waals surface area (Å²) in [6.07, 6.45) is 17.8. The highest BCUT2D eigenvalue weighted by Gasteiger charge is 1.94. The molecule has 0 radical (unpaired) electrons. The number of hydrogen-bond donors (Lipinski definition) is 2. The van der Waals surface area contributed by atoms with Gasteiger partial charge in [0.25, 0.3) is 0 Å². The van der Waals surface area contributed by atoms with Gasteiger partial charge in [-0.2, -0.15) is 0 Å². The van der Waals surface area contributed by atoms with Crippen LogP contribution in [0.2, 0.25) is 0 Å². The molecular formula is C16H35NO2S. The number of nitrogens with two attached hydrogens (primary N) is 1. The van der Waals surface area contributed by atoms with E-state index in [1.165, 1.54) is 76.0 Å². The first-order valence-corrected chi connectivity index (χ1v) is 10.1. The van der Waals surface area contributed by atoms with Crippen molar-refractivity contribution in [2.24, 2.45) is 5.14 Å². The fourth-order valence-electron chi connectivity index (χ4n) is 2.41. The van der Waals surface area contributed by atoms with Gasteiger partial charge in [-0.05, 0) is 12.8 Å². The zero-order valence-corrected chi connectivity index (χ0v) is 14.1. The third-order valence-electron chi connectivity index (χ3n) is 3.66. The van der Waals surface area contributed by atoms with Crippen molar-refractivity contribution in [1.29, 1.82) is 0 Å². The topological polar surface area (TPSA) is 63.3 Å². The minimum absolute atomic E-state index is 0.656. The molecule has 0 amide bonds. The van der Waals surface area contributed by atoms with E-state index in [0.717, 1.165) is 12.8 Å². The minimum Gasteiger partial charge on any atom is -0.303 e. The van der Waals surface area contributed by atoms with Gasteiger partial charge in [-0.25, -0.2) is 9.35 Å². The van der Waals surface area contributed by atoms with Gasteiger partial charge in [-0.15, -0.1) is 0 Å². The summed E-state index contributed by atoms with van der Waals surface area (Å²) in [6, 6.07) is 0. The smallest absolute Gasteiger partial charge is 0.138 e. The Bertz CT molecular complexity index is 302. The van der Waals surface area contributed by atoms with Crippen molar-refractivity contribution in [3.05, 3.63) is 0 Å². The highest BCUT2D eigenvalue weighted by atomic mass is 32.2. The van der Waals surface area contributed by atoms with Gasteiger partial charge >= 0.3 is 0 Å². The normalized spacial score (nSPS) is 14.2. The van der Waals surface area contributed by atoms with Crippen LogP contribution in [0.4, 0.5) is 0 Å². The summed E-state index contributed by atoms with van der Waals surface area (Å²) in [5, 5.41) is 6.35. The molecule has 122 valence electrons. The Morgan fingerprint density at radius 2 is 1.15 bits per heavy atom. The third-order valence-corrected chi connectivity index (χ3v) is 4.38. The molecule has 0 heterocycles. The van der Waals surface area contributed by atoms with Gasteiger partial charge in [0.2, 0.25) is 0 Å². The van der Waals surface area contributed by atoms with E-state index < -0.39 is 9.99 Å². The highest BCUT2D eigenvalue weighted by Crippen LogP contribution is 2.12. The molecule has 0 rings (SSSR count). The van der Waals surface area contributed by atoms with E-state index in [2.05, 4.69) is 6.92 Å². The first-order valence-electron chi connectivity index (χ1n) is 8.44. The Labute approximate surface area is 126 Å². The standard InChI is InChI=1S/C16H35NO2S/c1-2-3-4-5-6-7-8-9-10-11-12-13-14-15-16-20(17,18)19/h16H,2-15H2,1H3,(H3,17,18,19). The third kappa shape index (κ3) is 17.9. The van der Waals surface area contributed by atoms with Gasteiger partial charge < -0.3 is 4.55 Å². The van der Waals surface area contributed by atoms with E-state index in [4.69, 9.17) is 9.69 Å². The number of hydrogen-bond acceptors (Lipinski definition) is 1. The lowest BCUT2D eigenvalue weighted by molar-refractivity contribution is 0.541. The van der Waals surface area contributed by atoms with Crippen molar-refractivity contribution in [1.82, 2.24) is 0 Å². The predicted molar refractivity (Wildman–Crippen MR) is 91.3 cm³/mol. The maximum atomic E-state index is 10.8. The summed E-state index contributed by atoms with van der Waals surface area (Å²) in [7, 11) is -3.12. The van der Waals surface area contributed by atoms with E-state index in [1.54, 1.807) is 0 Å². The summed E-state index contributed by atoms with van der Waals surface area (Å²) in [4.78, 5) is 0. The van der Waals surface area contributed by atoms with Crippen LogP contribution in [-0.2, 0) is 9.99 Å². The molecule has 0 bridgehead atoms. The molecule has 3 N–H and O–H groups in total. The van der Waals surface area contributed by atoms with Crippen molar-refractivity contribution in [2.75, 3.05) is 0 Å². The van der Waals surface area contributed by atoms with Gasteiger partial charge in [-0.3, -0.25) is 0 Å². The molecule has 20 heavy (non-hydrogen) atoms. The monoisotopic (exact) mass is 305 g/mol. The lowest BCUT2D eigenvalue weighted by Gasteiger charge is -2.02. The van der Waals surface area contributed by atoms with Crippen LogP contribution in [0, 0.1) is 0 Å². The summed E-state index contributed by atoms with van der Waals surface area (Å²) in [5.74, 6) is 0. The van der Waals surface area contributed by atoms with Crippen LogP contribution < -0.4 is 5.14 Å². The molecule has 0 aliphatic heterocycles. The predicted octanol–water partition coefficient (Wildman–Crippen LogP) is 4.90. The van der Waals surface area contributed by atoms with Gasteiger partial charge in [0.1, 0.15) is 9.99 Å². The quantitative estimate of drug-likeness (QED) is 0.354. The lowest BCUT2D eigenvalue weighted by Crippen LogP contribution is -2.13. The van der Waals surface area contributed by atoms with Crippen molar-refractivity contribution in [2.45, 2.75) is 96.8 Å². The zero-order chi connectivity index (χ0) is 15.1. The Kier molecular flexibility index (Phi) is 13.9. The summed E-state index contributed by atoms with van der Waals surface area (Å²) in [6.45, 7) is 2.26. The fraction of sp³-hybridized carbons (Fsp3) is 0.938. The second kappa shape index (κ2) is 13.9. The fourth-order valence-corrected chi connectivity index (χ4v) is 2.92. The summed E-state index contributed by atoms with van der Waals surface area (Å²) < 4.78 is 19.6. The minimum atomic E-state index is -3.12. The SMILES string of the molecule is CCCCCCCCCCCCCCCC=S(N)(=O)O. The molecule has 0 aliphatic rings. The molecular weight excluding hydrogens is 270 g/mol. The van der Waals surface area contributed by atoms with Crippen LogP contribution in [0.3, 0.4) is 0 Å². The number of unbranched alkanes of at least 4 members (excludes halogenated alkanes) is 13. The highest BCUT2D eigenvalue weighted by molar-refractivity contribution is 7.93. The first-order chi connectivity index (χ1) is 9.56. The largest absolute Gasteiger partial charge is 0.303 e. The molecule has 0 aromatic rings. The molecule has 0 saturated heterocycles. The maximum Gasteiger partial charge on any atom is 0.138 e. The van der Waals surface area contributed by atoms with Crippen LogP contribution in [0.15, 0.2) is 0 Å². The molecule has 3 nitrogen and oxygen atoms in total. The van der Waals surface area contributed by atoms with Crippen LogP contribution in [0.5, 0.6) is 0 Å². The Hall–Kier alpha value is -0.0600. The molecule has 0 saturated carbocycles. The average molecular weight is 306 g/mol. The molecule has 4 heteroatoms. The maximum absolute atomic E-state index is 10.8. The number of rotatable bonds is 14. The Balaban J connectivity index is 3.08. The van der Waals surface area contributed by atoms with Crippen molar-refractivity contribution in [3.8, 4) is 0 Å². The van der Waals surface area contributed by atoms with Crippen LogP contribution in [0.1, 0.15) is 96.8 Å². The second-order valence-corrected chi connectivity index (χ2v) is 7.37. The van der Waals surface area contributed by atoms with Crippen molar-refractivity contribution >= 4 is 15.4 Å². The Morgan fingerprint density at radius 3 is 1.50 bits per heavy atom. The molecule has 1 atom stereocenters. The van der Waals surface area contributed by atoms with Gasteiger partial charge in [0.05, 0.1) is 0 Å². The van der Waals surface area contributed by atoms with Crippen molar-refractivity contribution in [3.63, 3.8) is 0 Å². The molecule has 0 aromatic heterocycles. The molecule has 0 aromatic carbocycles. The van der Waals surface area contributed by atoms with Gasteiger partial charge in [0, 0.05) is 5.37 Å². The van der Waals surface area contributed by atoms with Gasteiger partial charge in [-0.1, -0.05) is 84.0 Å². The van der Waals surface area contributed by atoms with Crippen molar-refractivity contribution < 1.29 is 8.76 Å². The van der Waals surface area contributed by atoms with E-state index in [9.17, 15) is 4.21 Å². The van der Waals surface area contributed by atoms with Crippen LogP contribution in [0.25, 0.3) is 0 Å². The second-order valence-electron chi connectivity index (χ2n) is 5.81. The molecule has 0 spiro atoms. The van der Waals surface area contributed by atoms with E-state index in [-0.39, 0.29) is 0 Å². The molecule has 0 fully saturated rings. The Morgan fingerprint density at radius 1 is 0.800 bits per heavy atom. The summed E-state index contributed by atoms with van der Waals surface area (Å²) >= 11 is 0. The lowest BCUT2D eigenvalue weighted by atomic mass is 10.0. The first kappa shape index (κ1) is 19.9. The van der Waals surface area contributed by atoms with Crippen LogP contribution in [-0.4, -0.2) is 14.1 Å². The molecule has 0 aliphatic carbocycles. The van der Waals surface area contributed by atoms with Crippen LogP contribution >= 0.6 is 0 Å². The van der Waals surface area contributed by atoms with Gasteiger partial charge in [0.15, 0.2) is 0 Å².